The summed E-state index contributed by atoms with van der Waals surface area (Å²) >= 11 is 0. The molecule has 0 aromatic heterocycles. The molecule has 1 aliphatic rings. The highest BCUT2D eigenvalue weighted by atomic mass is 19.1. The highest BCUT2D eigenvalue weighted by Gasteiger charge is 2.19. The molecule has 1 aliphatic carbocycles. The summed E-state index contributed by atoms with van der Waals surface area (Å²) in [5, 5.41) is 2.64. The van der Waals surface area contributed by atoms with Gasteiger partial charge in [-0.2, -0.15) is 0 Å². The number of hydrogen-bond donors (Lipinski definition) is 1. The predicted octanol–water partition coefficient (Wildman–Crippen LogP) is 4.79. The van der Waals surface area contributed by atoms with Crippen LogP contribution >= 0.6 is 0 Å². The third-order valence-corrected chi connectivity index (χ3v) is 4.23. The predicted molar refractivity (Wildman–Crippen MR) is 89.0 cm³/mol. The first-order valence-electron chi connectivity index (χ1n) is 7.59. The molecule has 0 aliphatic heterocycles. The zero-order valence-electron chi connectivity index (χ0n) is 12.6. The van der Waals surface area contributed by atoms with Crippen molar-refractivity contribution in [1.29, 1.82) is 0 Å². The summed E-state index contributed by atoms with van der Waals surface area (Å²) in [4.78, 5) is 12.2. The molecule has 1 amide bonds. The number of amides is 1. The minimum Gasteiger partial charge on any atom is -0.322 e. The summed E-state index contributed by atoms with van der Waals surface area (Å²) in [7, 11) is 0. The molecule has 0 fully saturated rings. The molecule has 3 aromatic carbocycles. The molecule has 2 nitrogen and oxygen atoms in total. The summed E-state index contributed by atoms with van der Waals surface area (Å²) in [6, 6.07) is 16.5. The molecule has 0 atom stereocenters. The first-order valence-corrected chi connectivity index (χ1v) is 7.59. The lowest BCUT2D eigenvalue weighted by atomic mass is 10.1. The fraction of sp³-hybridized carbons (Fsp3) is 0.0500. The van der Waals surface area contributed by atoms with E-state index >= 15 is 0 Å². The fourth-order valence-electron chi connectivity index (χ4n) is 3.07. The molecular formula is C20H13F2NO. The first-order chi connectivity index (χ1) is 11.6. The molecule has 0 unspecified atom stereocenters. The molecule has 0 heterocycles. The van der Waals surface area contributed by atoms with E-state index in [9.17, 15) is 13.6 Å². The Morgan fingerprint density at radius 2 is 1.67 bits per heavy atom. The van der Waals surface area contributed by atoms with Crippen molar-refractivity contribution in [1.82, 2.24) is 0 Å². The van der Waals surface area contributed by atoms with Gasteiger partial charge in [-0.05, 0) is 59.0 Å². The number of carbonyl (C=O) groups is 1. The molecule has 0 bridgehead atoms. The topological polar surface area (TPSA) is 29.1 Å². The van der Waals surface area contributed by atoms with Crippen LogP contribution in [0.3, 0.4) is 0 Å². The van der Waals surface area contributed by atoms with Gasteiger partial charge in [0.2, 0.25) is 0 Å². The van der Waals surface area contributed by atoms with E-state index in [1.807, 2.05) is 30.3 Å². The Labute approximate surface area is 137 Å². The average molecular weight is 321 g/mol. The maximum Gasteiger partial charge on any atom is 0.258 e. The Morgan fingerprint density at radius 1 is 0.875 bits per heavy atom. The minimum absolute atomic E-state index is 0.309. The Balaban J connectivity index is 1.66. The number of nitrogens with one attached hydrogen (secondary N) is 1. The molecule has 0 saturated carbocycles. The lowest BCUT2D eigenvalue weighted by Gasteiger charge is -2.09. The summed E-state index contributed by atoms with van der Waals surface area (Å²) in [5.74, 6) is -2.07. The van der Waals surface area contributed by atoms with Crippen LogP contribution in [0.5, 0.6) is 0 Å². The van der Waals surface area contributed by atoms with Crippen LogP contribution in [-0.4, -0.2) is 5.91 Å². The summed E-state index contributed by atoms with van der Waals surface area (Å²) in [5.41, 5.74) is 4.87. The Bertz CT molecular complexity index is 966. The van der Waals surface area contributed by atoms with Gasteiger partial charge in [-0.1, -0.05) is 30.3 Å². The molecule has 3 aromatic rings. The van der Waals surface area contributed by atoms with Gasteiger partial charge in [0, 0.05) is 5.69 Å². The van der Waals surface area contributed by atoms with Crippen molar-refractivity contribution in [2.24, 2.45) is 0 Å². The SMILES string of the molecule is O=C(Nc1ccc2c(c1)-c1ccccc1C2)c1cc(F)ccc1F. The van der Waals surface area contributed by atoms with Gasteiger partial charge >= 0.3 is 0 Å². The van der Waals surface area contributed by atoms with Gasteiger partial charge in [0.1, 0.15) is 11.6 Å². The third kappa shape index (κ3) is 2.46. The van der Waals surface area contributed by atoms with E-state index in [1.54, 1.807) is 6.07 Å². The standard InChI is InChI=1S/C20H13F2NO/c21-14-6-8-19(22)18(10-14)20(24)23-15-7-5-13-9-12-3-1-2-4-16(12)17(13)11-15/h1-8,10-11H,9H2,(H,23,24). The van der Waals surface area contributed by atoms with Crippen LogP contribution in [0.4, 0.5) is 14.5 Å². The third-order valence-electron chi connectivity index (χ3n) is 4.23. The van der Waals surface area contributed by atoms with Crippen LogP contribution in [0.2, 0.25) is 0 Å². The maximum absolute atomic E-state index is 13.7. The first kappa shape index (κ1) is 14.6. The molecule has 24 heavy (non-hydrogen) atoms. The highest BCUT2D eigenvalue weighted by molar-refractivity contribution is 6.04. The molecule has 4 rings (SSSR count). The Kier molecular flexibility index (Phi) is 3.38. The van der Waals surface area contributed by atoms with Gasteiger partial charge < -0.3 is 5.32 Å². The number of fused-ring (bicyclic) bond motifs is 3. The van der Waals surface area contributed by atoms with Gasteiger partial charge in [-0.25, -0.2) is 8.78 Å². The van der Waals surface area contributed by atoms with Gasteiger partial charge in [0.15, 0.2) is 0 Å². The van der Waals surface area contributed by atoms with Gasteiger partial charge in [-0.15, -0.1) is 0 Å². The van der Waals surface area contributed by atoms with Crippen molar-refractivity contribution in [2.75, 3.05) is 5.32 Å². The molecule has 0 saturated heterocycles. The Hall–Kier alpha value is -3.01. The van der Waals surface area contributed by atoms with Crippen molar-refractivity contribution in [3.63, 3.8) is 0 Å². The van der Waals surface area contributed by atoms with Crippen molar-refractivity contribution in [3.8, 4) is 11.1 Å². The van der Waals surface area contributed by atoms with Gasteiger partial charge in [0.25, 0.3) is 5.91 Å². The lowest BCUT2D eigenvalue weighted by Crippen LogP contribution is -2.14. The summed E-state index contributed by atoms with van der Waals surface area (Å²) < 4.78 is 27.0. The molecule has 0 radical (unpaired) electrons. The normalized spacial score (nSPS) is 11.8. The van der Waals surface area contributed by atoms with Crippen LogP contribution in [0.25, 0.3) is 11.1 Å². The van der Waals surface area contributed by atoms with E-state index in [2.05, 4.69) is 11.4 Å². The molecule has 0 spiro atoms. The average Bonchev–Trinajstić information content (AvgIpc) is 2.95. The van der Waals surface area contributed by atoms with Gasteiger partial charge in [-0.3, -0.25) is 4.79 Å². The number of anilines is 1. The zero-order chi connectivity index (χ0) is 16.7. The monoisotopic (exact) mass is 321 g/mol. The number of benzene rings is 3. The number of hydrogen-bond acceptors (Lipinski definition) is 1. The van der Waals surface area contributed by atoms with Crippen molar-refractivity contribution in [3.05, 3.63) is 89.0 Å². The number of carbonyl (C=O) groups excluding carboxylic acids is 1. The molecule has 1 N–H and O–H groups in total. The lowest BCUT2D eigenvalue weighted by molar-refractivity contribution is 0.102. The van der Waals surface area contributed by atoms with E-state index in [0.717, 1.165) is 35.7 Å². The van der Waals surface area contributed by atoms with E-state index in [0.29, 0.717) is 5.69 Å². The van der Waals surface area contributed by atoms with Crippen molar-refractivity contribution >= 4 is 11.6 Å². The Morgan fingerprint density at radius 3 is 2.54 bits per heavy atom. The fourth-order valence-corrected chi connectivity index (χ4v) is 3.07. The maximum atomic E-state index is 13.7. The van der Waals surface area contributed by atoms with E-state index < -0.39 is 17.5 Å². The number of rotatable bonds is 2. The summed E-state index contributed by atoms with van der Waals surface area (Å²) in [6.45, 7) is 0. The second kappa shape index (κ2) is 5.57. The van der Waals surface area contributed by atoms with Crippen LogP contribution in [0, 0.1) is 11.6 Å². The smallest absolute Gasteiger partial charge is 0.258 e. The van der Waals surface area contributed by atoms with Crippen LogP contribution in [0.1, 0.15) is 21.5 Å². The molecule has 118 valence electrons. The van der Waals surface area contributed by atoms with Crippen LogP contribution in [-0.2, 0) is 6.42 Å². The molecule has 4 heteroatoms. The quantitative estimate of drug-likeness (QED) is 0.565. The second-order valence-corrected chi connectivity index (χ2v) is 5.78. The minimum atomic E-state index is -0.750. The van der Waals surface area contributed by atoms with E-state index in [1.165, 1.54) is 11.1 Å². The van der Waals surface area contributed by atoms with E-state index in [4.69, 9.17) is 0 Å². The zero-order valence-corrected chi connectivity index (χ0v) is 12.6. The van der Waals surface area contributed by atoms with Crippen LogP contribution < -0.4 is 5.32 Å². The second-order valence-electron chi connectivity index (χ2n) is 5.78. The van der Waals surface area contributed by atoms with Crippen molar-refractivity contribution in [2.45, 2.75) is 6.42 Å². The van der Waals surface area contributed by atoms with Crippen molar-refractivity contribution < 1.29 is 13.6 Å². The summed E-state index contributed by atoms with van der Waals surface area (Å²) in [6.07, 6.45) is 0.859. The van der Waals surface area contributed by atoms with E-state index in [-0.39, 0.29) is 5.56 Å². The largest absolute Gasteiger partial charge is 0.322 e. The van der Waals surface area contributed by atoms with Gasteiger partial charge in [0.05, 0.1) is 5.56 Å². The van der Waals surface area contributed by atoms with Crippen LogP contribution in [0.15, 0.2) is 60.7 Å². The number of halogens is 2. The highest BCUT2D eigenvalue weighted by Crippen LogP contribution is 2.37. The molecular weight excluding hydrogens is 308 g/mol.